The summed E-state index contributed by atoms with van der Waals surface area (Å²) in [6, 6.07) is 3.62. The Labute approximate surface area is 105 Å². The van der Waals surface area contributed by atoms with Gasteiger partial charge in [0, 0.05) is 17.7 Å². The molecule has 0 aliphatic carbocycles. The molecule has 0 unspecified atom stereocenters. The normalized spacial score (nSPS) is 11.6. The predicted molar refractivity (Wildman–Crippen MR) is 62.9 cm³/mol. The zero-order chi connectivity index (χ0) is 13.0. The molecule has 2 rings (SSSR count). The van der Waals surface area contributed by atoms with Crippen LogP contribution < -0.4 is 4.57 Å². The van der Waals surface area contributed by atoms with Crippen LogP contribution in [-0.4, -0.2) is 26.3 Å². The van der Waals surface area contributed by atoms with Crippen molar-refractivity contribution in [1.29, 1.82) is 0 Å². The van der Waals surface area contributed by atoms with Crippen LogP contribution in [-0.2, 0) is 20.8 Å². The second-order valence-electron chi connectivity index (χ2n) is 3.59. The van der Waals surface area contributed by atoms with Gasteiger partial charge < -0.3 is 4.42 Å². The molecule has 0 aromatic carbocycles. The number of oxazole rings is 1. The first kappa shape index (κ1) is 12.7. The highest BCUT2D eigenvalue weighted by molar-refractivity contribution is 7.86. The minimum Gasteiger partial charge on any atom is -0.445 e. The lowest BCUT2D eigenvalue weighted by Gasteiger charge is -1.99. The molecule has 0 atom stereocenters. The first-order chi connectivity index (χ1) is 8.61. The topological polar surface area (TPSA) is 73.3 Å². The van der Waals surface area contributed by atoms with Crippen molar-refractivity contribution in [2.24, 2.45) is 0 Å². The van der Waals surface area contributed by atoms with E-state index in [1.165, 1.54) is 6.26 Å². The molecular weight excluding hydrogens is 256 g/mol. The van der Waals surface area contributed by atoms with E-state index in [9.17, 15) is 8.42 Å². The van der Waals surface area contributed by atoms with E-state index in [0.29, 0.717) is 12.4 Å². The standard InChI is InChI=1S/C11H13N2O4S/c1-16-18(14,15)9-7-13-5-2-10(3-6-13)11-12-4-8-17-11/h2-6,8H,7,9H2,1H3/q+1. The van der Waals surface area contributed by atoms with E-state index in [2.05, 4.69) is 9.17 Å². The fourth-order valence-corrected chi connectivity index (χ4v) is 2.02. The summed E-state index contributed by atoms with van der Waals surface area (Å²) in [5.74, 6) is 0.471. The summed E-state index contributed by atoms with van der Waals surface area (Å²) in [6.07, 6.45) is 6.61. The summed E-state index contributed by atoms with van der Waals surface area (Å²) < 4.78 is 33.6. The van der Waals surface area contributed by atoms with Crippen LogP contribution in [0.2, 0.25) is 0 Å². The molecule has 0 bridgehead atoms. The second-order valence-corrected chi connectivity index (χ2v) is 5.45. The Hall–Kier alpha value is -1.73. The smallest absolute Gasteiger partial charge is 0.273 e. The van der Waals surface area contributed by atoms with Crippen molar-refractivity contribution in [3.8, 4) is 11.5 Å². The Kier molecular flexibility index (Phi) is 3.73. The summed E-state index contributed by atoms with van der Waals surface area (Å²) in [5, 5.41) is 0. The van der Waals surface area contributed by atoms with Crippen LogP contribution in [0.4, 0.5) is 0 Å². The van der Waals surface area contributed by atoms with E-state index in [1.54, 1.807) is 23.2 Å². The maximum atomic E-state index is 11.2. The summed E-state index contributed by atoms with van der Waals surface area (Å²) >= 11 is 0. The summed E-state index contributed by atoms with van der Waals surface area (Å²) in [6.45, 7) is 0.335. The van der Waals surface area contributed by atoms with Crippen LogP contribution in [0.15, 0.2) is 41.4 Å². The minimum absolute atomic E-state index is 0.0630. The monoisotopic (exact) mass is 269 g/mol. The van der Waals surface area contributed by atoms with Gasteiger partial charge >= 0.3 is 0 Å². The Morgan fingerprint density at radius 3 is 2.67 bits per heavy atom. The first-order valence-electron chi connectivity index (χ1n) is 5.28. The third-order valence-electron chi connectivity index (χ3n) is 2.42. The molecule has 0 aliphatic rings. The van der Waals surface area contributed by atoms with E-state index in [-0.39, 0.29) is 5.75 Å². The highest BCUT2D eigenvalue weighted by Gasteiger charge is 2.13. The first-order valence-corrected chi connectivity index (χ1v) is 6.86. The van der Waals surface area contributed by atoms with Crippen molar-refractivity contribution in [2.75, 3.05) is 12.9 Å². The van der Waals surface area contributed by atoms with Gasteiger partial charge in [-0.1, -0.05) is 0 Å². The average molecular weight is 269 g/mol. The molecule has 2 heterocycles. The van der Waals surface area contributed by atoms with Crippen molar-refractivity contribution >= 4 is 10.1 Å². The van der Waals surface area contributed by atoms with Gasteiger partial charge in [-0.25, -0.2) is 9.55 Å². The Morgan fingerprint density at radius 1 is 1.39 bits per heavy atom. The zero-order valence-electron chi connectivity index (χ0n) is 9.81. The Bertz CT molecular complexity index is 590. The SMILES string of the molecule is COS(=O)(=O)CC[n+]1ccc(-c2ncco2)cc1. The Morgan fingerprint density at radius 2 is 2.11 bits per heavy atom. The molecule has 2 aromatic rings. The molecule has 7 heteroatoms. The predicted octanol–water partition coefficient (Wildman–Crippen LogP) is 0.605. The van der Waals surface area contributed by atoms with Gasteiger partial charge in [-0.15, -0.1) is 0 Å². The van der Waals surface area contributed by atoms with Crippen LogP contribution in [0.3, 0.4) is 0 Å². The van der Waals surface area contributed by atoms with Crippen LogP contribution in [0.25, 0.3) is 11.5 Å². The van der Waals surface area contributed by atoms with Crippen LogP contribution >= 0.6 is 0 Å². The number of aromatic nitrogens is 2. The lowest BCUT2D eigenvalue weighted by Crippen LogP contribution is -2.36. The van der Waals surface area contributed by atoms with Gasteiger partial charge in [0.15, 0.2) is 18.9 Å². The molecule has 0 radical (unpaired) electrons. The molecule has 0 aliphatic heterocycles. The molecule has 0 amide bonds. The number of nitrogens with zero attached hydrogens (tertiary/aromatic N) is 2. The molecule has 0 spiro atoms. The van der Waals surface area contributed by atoms with Crippen LogP contribution in [0.5, 0.6) is 0 Å². The van der Waals surface area contributed by atoms with Gasteiger partial charge in [-0.2, -0.15) is 8.42 Å². The quantitative estimate of drug-likeness (QED) is 0.587. The fraction of sp³-hybridized carbons (Fsp3) is 0.273. The summed E-state index contributed by atoms with van der Waals surface area (Å²) in [7, 11) is -2.26. The lowest BCUT2D eigenvalue weighted by atomic mass is 10.3. The minimum atomic E-state index is -3.42. The molecule has 2 aromatic heterocycles. The molecule has 0 N–H and O–H groups in total. The Balaban J connectivity index is 2.05. The third kappa shape index (κ3) is 3.14. The zero-order valence-corrected chi connectivity index (χ0v) is 10.6. The maximum absolute atomic E-state index is 11.2. The highest BCUT2D eigenvalue weighted by atomic mass is 32.2. The molecular formula is C11H13N2O4S+. The maximum Gasteiger partial charge on any atom is 0.273 e. The molecule has 6 nitrogen and oxygen atoms in total. The van der Waals surface area contributed by atoms with Crippen molar-refractivity contribution in [2.45, 2.75) is 6.54 Å². The van der Waals surface area contributed by atoms with Crippen molar-refractivity contribution in [3.05, 3.63) is 37.0 Å². The summed E-state index contributed by atoms with van der Waals surface area (Å²) in [5.41, 5.74) is 0.839. The van der Waals surface area contributed by atoms with Crippen molar-refractivity contribution in [1.82, 2.24) is 4.98 Å². The van der Waals surface area contributed by atoms with E-state index in [0.717, 1.165) is 12.7 Å². The fourth-order valence-electron chi connectivity index (χ4n) is 1.42. The number of hydrogen-bond donors (Lipinski definition) is 0. The number of pyridine rings is 1. The third-order valence-corrected chi connectivity index (χ3v) is 3.61. The largest absolute Gasteiger partial charge is 0.445 e. The molecule has 0 saturated carbocycles. The molecule has 96 valence electrons. The van der Waals surface area contributed by atoms with Gasteiger partial charge in [-0.05, 0) is 0 Å². The van der Waals surface area contributed by atoms with Crippen molar-refractivity contribution < 1.29 is 21.6 Å². The van der Waals surface area contributed by atoms with Gasteiger partial charge in [0.25, 0.3) is 10.1 Å². The van der Waals surface area contributed by atoms with Crippen LogP contribution in [0, 0.1) is 0 Å². The van der Waals surface area contributed by atoms with Gasteiger partial charge in [0.2, 0.25) is 5.89 Å². The van der Waals surface area contributed by atoms with E-state index >= 15 is 0 Å². The molecule has 18 heavy (non-hydrogen) atoms. The number of rotatable bonds is 5. The van der Waals surface area contributed by atoms with Gasteiger partial charge in [0.1, 0.15) is 12.0 Å². The molecule has 0 fully saturated rings. The number of hydrogen-bond acceptors (Lipinski definition) is 5. The van der Waals surface area contributed by atoms with Gasteiger partial charge in [-0.3, -0.25) is 4.18 Å². The number of aryl methyl sites for hydroxylation is 1. The van der Waals surface area contributed by atoms with E-state index in [1.807, 2.05) is 12.1 Å². The van der Waals surface area contributed by atoms with Gasteiger partial charge in [0.05, 0.1) is 13.3 Å². The molecule has 0 saturated heterocycles. The second kappa shape index (κ2) is 5.28. The van der Waals surface area contributed by atoms with Crippen LogP contribution in [0.1, 0.15) is 0 Å². The highest BCUT2D eigenvalue weighted by Crippen LogP contribution is 2.14. The van der Waals surface area contributed by atoms with Crippen molar-refractivity contribution in [3.63, 3.8) is 0 Å². The summed E-state index contributed by atoms with van der Waals surface area (Å²) in [4.78, 5) is 4.02. The lowest BCUT2D eigenvalue weighted by molar-refractivity contribution is -0.692. The average Bonchev–Trinajstić information content (AvgIpc) is 2.91. The van der Waals surface area contributed by atoms with E-state index in [4.69, 9.17) is 4.42 Å². The van der Waals surface area contributed by atoms with E-state index < -0.39 is 10.1 Å².